The van der Waals surface area contributed by atoms with Gasteiger partial charge >= 0.3 is 11.9 Å². The van der Waals surface area contributed by atoms with E-state index in [0.717, 1.165) is 0 Å². The highest BCUT2D eigenvalue weighted by Gasteiger charge is 2.18. The minimum atomic E-state index is -0.840. The quantitative estimate of drug-likeness (QED) is 0.750. The minimum absolute atomic E-state index is 0.241. The summed E-state index contributed by atoms with van der Waals surface area (Å²) in [6.45, 7) is 3.01. The van der Waals surface area contributed by atoms with Crippen LogP contribution in [-0.2, 0) is 19.1 Å². The molecular formula is C13H15ClO5. The van der Waals surface area contributed by atoms with Crippen molar-refractivity contribution in [1.82, 2.24) is 0 Å². The fourth-order valence-electron chi connectivity index (χ4n) is 1.24. The minimum Gasteiger partial charge on any atom is -0.479 e. The summed E-state index contributed by atoms with van der Waals surface area (Å²) in [6, 6.07) is 6.64. The first-order valence-corrected chi connectivity index (χ1v) is 6.15. The molecule has 5 nitrogen and oxygen atoms in total. The molecule has 1 aromatic carbocycles. The second kappa shape index (κ2) is 7.63. The van der Waals surface area contributed by atoms with Gasteiger partial charge in [0, 0.05) is 5.02 Å². The van der Waals surface area contributed by atoms with E-state index in [-0.39, 0.29) is 6.61 Å². The Bertz CT molecular complexity index is 446. The van der Waals surface area contributed by atoms with Gasteiger partial charge in [0.2, 0.25) is 0 Å². The highest BCUT2D eigenvalue weighted by atomic mass is 35.5. The lowest BCUT2D eigenvalue weighted by atomic mass is 10.3. The average Bonchev–Trinajstić information content (AvgIpc) is 2.36. The zero-order chi connectivity index (χ0) is 14.3. The van der Waals surface area contributed by atoms with Gasteiger partial charge in [-0.15, -0.1) is 0 Å². The van der Waals surface area contributed by atoms with E-state index in [9.17, 15) is 9.59 Å². The predicted molar refractivity (Wildman–Crippen MR) is 69.1 cm³/mol. The standard InChI is InChI=1S/C13H15ClO5/c1-3-17-12(15)8-18-13(16)9(2)19-11-6-4-5-10(14)7-11/h4-7,9H,3,8H2,1-2H3. The molecule has 0 aliphatic rings. The van der Waals surface area contributed by atoms with Crippen LogP contribution in [0.5, 0.6) is 5.75 Å². The lowest BCUT2D eigenvalue weighted by Crippen LogP contribution is -2.28. The number of hydrogen-bond donors (Lipinski definition) is 0. The van der Waals surface area contributed by atoms with Crippen LogP contribution in [0, 0.1) is 0 Å². The van der Waals surface area contributed by atoms with Crippen molar-refractivity contribution in [3.63, 3.8) is 0 Å². The fraction of sp³-hybridized carbons (Fsp3) is 0.385. The maximum atomic E-state index is 11.6. The van der Waals surface area contributed by atoms with Gasteiger partial charge in [-0.2, -0.15) is 0 Å². The fourth-order valence-corrected chi connectivity index (χ4v) is 1.42. The number of ether oxygens (including phenoxy) is 3. The zero-order valence-electron chi connectivity index (χ0n) is 10.7. The number of rotatable bonds is 6. The predicted octanol–water partition coefficient (Wildman–Crippen LogP) is 2.21. The van der Waals surface area contributed by atoms with Crippen LogP contribution in [0.25, 0.3) is 0 Å². The highest BCUT2D eigenvalue weighted by Crippen LogP contribution is 2.18. The molecule has 0 aliphatic carbocycles. The summed E-state index contributed by atoms with van der Waals surface area (Å²) < 4.78 is 14.7. The Hall–Kier alpha value is -1.75. The van der Waals surface area contributed by atoms with Gasteiger partial charge in [0.1, 0.15) is 5.75 Å². The van der Waals surface area contributed by atoms with Crippen molar-refractivity contribution in [1.29, 1.82) is 0 Å². The first-order valence-electron chi connectivity index (χ1n) is 5.77. The first-order chi connectivity index (χ1) is 9.02. The summed E-state index contributed by atoms with van der Waals surface area (Å²) in [7, 11) is 0. The van der Waals surface area contributed by atoms with Crippen molar-refractivity contribution in [2.45, 2.75) is 20.0 Å². The number of benzene rings is 1. The lowest BCUT2D eigenvalue weighted by molar-refractivity contribution is -0.162. The van der Waals surface area contributed by atoms with Crippen molar-refractivity contribution in [2.24, 2.45) is 0 Å². The molecule has 0 aliphatic heterocycles. The van der Waals surface area contributed by atoms with Gasteiger partial charge in [0.25, 0.3) is 0 Å². The number of carbonyl (C=O) groups excluding carboxylic acids is 2. The molecule has 0 spiro atoms. The van der Waals surface area contributed by atoms with Crippen LogP contribution in [0.1, 0.15) is 13.8 Å². The van der Waals surface area contributed by atoms with E-state index in [4.69, 9.17) is 21.1 Å². The molecule has 0 aromatic heterocycles. The average molecular weight is 287 g/mol. The van der Waals surface area contributed by atoms with Crippen LogP contribution >= 0.6 is 11.6 Å². The third kappa shape index (κ3) is 5.61. The normalized spacial score (nSPS) is 11.5. The van der Waals surface area contributed by atoms with Gasteiger partial charge in [0.15, 0.2) is 12.7 Å². The number of esters is 2. The molecule has 0 bridgehead atoms. The van der Waals surface area contributed by atoms with Crippen molar-refractivity contribution in [2.75, 3.05) is 13.2 Å². The Balaban J connectivity index is 2.42. The third-order valence-electron chi connectivity index (χ3n) is 2.08. The Kier molecular flexibility index (Phi) is 6.15. The summed E-state index contributed by atoms with van der Waals surface area (Å²) in [5.74, 6) is -0.785. The highest BCUT2D eigenvalue weighted by molar-refractivity contribution is 6.30. The van der Waals surface area contributed by atoms with Crippen molar-refractivity contribution >= 4 is 23.5 Å². The second-order valence-corrected chi connectivity index (χ2v) is 4.07. The maximum absolute atomic E-state index is 11.6. The molecule has 0 saturated carbocycles. The van der Waals surface area contributed by atoms with Crippen LogP contribution in [0.3, 0.4) is 0 Å². The summed E-state index contributed by atoms with van der Waals surface area (Å²) in [6.07, 6.45) is -0.840. The van der Waals surface area contributed by atoms with Crippen molar-refractivity contribution < 1.29 is 23.8 Å². The Morgan fingerprint density at radius 2 is 2.05 bits per heavy atom. The van der Waals surface area contributed by atoms with Gasteiger partial charge in [-0.1, -0.05) is 17.7 Å². The van der Waals surface area contributed by atoms with Gasteiger partial charge in [-0.25, -0.2) is 9.59 Å². The Labute approximate surface area is 116 Å². The van der Waals surface area contributed by atoms with E-state index in [1.165, 1.54) is 6.92 Å². The lowest BCUT2D eigenvalue weighted by Gasteiger charge is -2.13. The molecule has 1 rings (SSSR count). The molecule has 19 heavy (non-hydrogen) atoms. The molecule has 0 N–H and O–H groups in total. The van der Waals surface area contributed by atoms with Crippen LogP contribution in [0.15, 0.2) is 24.3 Å². The molecule has 0 radical (unpaired) electrons. The summed E-state index contributed by atoms with van der Waals surface area (Å²) in [5.41, 5.74) is 0. The van der Waals surface area contributed by atoms with Crippen molar-refractivity contribution in [3.8, 4) is 5.75 Å². The van der Waals surface area contributed by atoms with Gasteiger partial charge < -0.3 is 14.2 Å². The second-order valence-electron chi connectivity index (χ2n) is 3.63. The smallest absolute Gasteiger partial charge is 0.347 e. The number of halogens is 1. The van der Waals surface area contributed by atoms with Crippen LogP contribution < -0.4 is 4.74 Å². The Morgan fingerprint density at radius 3 is 2.68 bits per heavy atom. The topological polar surface area (TPSA) is 61.8 Å². The number of carbonyl (C=O) groups is 2. The van der Waals surface area contributed by atoms with Gasteiger partial charge in [0.05, 0.1) is 6.61 Å². The van der Waals surface area contributed by atoms with Gasteiger partial charge in [-0.3, -0.25) is 0 Å². The molecular weight excluding hydrogens is 272 g/mol. The van der Waals surface area contributed by atoms with E-state index in [1.807, 2.05) is 0 Å². The molecule has 104 valence electrons. The van der Waals surface area contributed by atoms with Gasteiger partial charge in [-0.05, 0) is 32.0 Å². The third-order valence-corrected chi connectivity index (χ3v) is 2.31. The summed E-state index contributed by atoms with van der Waals surface area (Å²) in [5, 5.41) is 0.504. The molecule has 0 heterocycles. The summed E-state index contributed by atoms with van der Waals surface area (Å²) in [4.78, 5) is 22.6. The largest absolute Gasteiger partial charge is 0.479 e. The van der Waals surface area contributed by atoms with E-state index in [1.54, 1.807) is 31.2 Å². The molecule has 6 heteroatoms. The molecule has 0 saturated heterocycles. The molecule has 1 unspecified atom stereocenters. The zero-order valence-corrected chi connectivity index (χ0v) is 11.5. The Morgan fingerprint density at radius 1 is 1.32 bits per heavy atom. The van der Waals surface area contributed by atoms with Crippen molar-refractivity contribution in [3.05, 3.63) is 29.3 Å². The van der Waals surface area contributed by atoms with E-state index >= 15 is 0 Å². The summed E-state index contributed by atoms with van der Waals surface area (Å²) >= 11 is 5.79. The number of hydrogen-bond acceptors (Lipinski definition) is 5. The molecule has 1 aromatic rings. The van der Waals surface area contributed by atoms with Crippen LogP contribution in [0.4, 0.5) is 0 Å². The maximum Gasteiger partial charge on any atom is 0.347 e. The first kappa shape index (κ1) is 15.3. The van der Waals surface area contributed by atoms with E-state index in [2.05, 4.69) is 4.74 Å². The molecule has 0 fully saturated rings. The molecule has 1 atom stereocenters. The monoisotopic (exact) mass is 286 g/mol. The van der Waals surface area contributed by atoms with E-state index < -0.39 is 24.6 Å². The van der Waals surface area contributed by atoms with Crippen LogP contribution in [-0.4, -0.2) is 31.3 Å². The van der Waals surface area contributed by atoms with E-state index in [0.29, 0.717) is 10.8 Å². The molecule has 0 amide bonds. The SMILES string of the molecule is CCOC(=O)COC(=O)C(C)Oc1cccc(Cl)c1. The van der Waals surface area contributed by atoms with Crippen LogP contribution in [0.2, 0.25) is 5.02 Å².